The highest BCUT2D eigenvalue weighted by Gasteiger charge is 2.31. The number of aliphatic imine (C=N–C) groups is 1. The van der Waals surface area contributed by atoms with Crippen LogP contribution in [0.3, 0.4) is 0 Å². The van der Waals surface area contributed by atoms with Gasteiger partial charge in [-0.1, -0.05) is 11.6 Å². The Kier molecular flexibility index (Phi) is 6.00. The quantitative estimate of drug-likeness (QED) is 0.237. The molecule has 2 heterocycles. The highest BCUT2D eigenvalue weighted by Crippen LogP contribution is 2.45. The first-order valence-electron chi connectivity index (χ1n) is 8.94. The fourth-order valence-electron chi connectivity index (χ4n) is 3.07. The van der Waals surface area contributed by atoms with E-state index in [1.54, 1.807) is 19.2 Å². The Morgan fingerprint density at radius 2 is 2.13 bits per heavy atom. The van der Waals surface area contributed by atoms with Crippen molar-refractivity contribution in [3.8, 4) is 23.8 Å². The zero-order chi connectivity index (χ0) is 22.7. The largest absolute Gasteiger partial charge is 0.490 e. The number of pyridine rings is 1. The predicted octanol–water partition coefficient (Wildman–Crippen LogP) is 2.04. The molecule has 6 N–H and O–H groups in total. The Morgan fingerprint density at radius 3 is 2.74 bits per heavy atom. The molecule has 1 aliphatic heterocycles. The number of nitrogen functional groups attached to an aromatic ring is 2. The van der Waals surface area contributed by atoms with Gasteiger partial charge in [-0.05, 0) is 24.6 Å². The molecule has 12 heteroatoms. The van der Waals surface area contributed by atoms with Gasteiger partial charge in [0.15, 0.2) is 17.7 Å². The fourth-order valence-corrected chi connectivity index (χ4v) is 3.33. The summed E-state index contributed by atoms with van der Waals surface area (Å²) in [5.74, 6) is -0.0356. The van der Waals surface area contributed by atoms with Crippen LogP contribution < -0.4 is 31.6 Å². The molecule has 0 aliphatic carbocycles. The summed E-state index contributed by atoms with van der Waals surface area (Å²) >= 11 is 6.37. The van der Waals surface area contributed by atoms with Crippen LogP contribution in [-0.2, 0) is 4.79 Å². The van der Waals surface area contributed by atoms with Gasteiger partial charge in [0.2, 0.25) is 5.96 Å². The summed E-state index contributed by atoms with van der Waals surface area (Å²) in [5.41, 5.74) is 13.0. The number of nitrogens with one attached hydrogen (secondary N) is 2. The predicted molar refractivity (Wildman–Crippen MR) is 113 cm³/mol. The number of rotatable bonds is 4. The average Bonchev–Trinajstić information content (AvgIpc) is 2.70. The zero-order valence-electron chi connectivity index (χ0n) is 16.5. The van der Waals surface area contributed by atoms with Crippen molar-refractivity contribution in [2.24, 2.45) is 4.99 Å². The second-order valence-electron chi connectivity index (χ2n) is 6.26. The van der Waals surface area contributed by atoms with Crippen LogP contribution in [0.15, 0.2) is 17.1 Å². The fraction of sp³-hybridized carbons (Fsp3) is 0.211. The summed E-state index contributed by atoms with van der Waals surface area (Å²) in [5, 5.41) is 23.8. The third kappa shape index (κ3) is 4.08. The summed E-state index contributed by atoms with van der Waals surface area (Å²) in [6, 6.07) is 4.22. The molecule has 0 fully saturated rings. The van der Waals surface area contributed by atoms with Crippen molar-refractivity contribution in [1.29, 1.82) is 10.5 Å². The summed E-state index contributed by atoms with van der Waals surface area (Å²) in [6.45, 7) is 3.28. The van der Waals surface area contributed by atoms with Crippen LogP contribution in [0.2, 0.25) is 5.02 Å². The molecule has 0 saturated carbocycles. The molecule has 1 atom stereocenters. The molecule has 158 valence electrons. The second kappa shape index (κ2) is 8.65. The number of halogens is 1. The van der Waals surface area contributed by atoms with E-state index in [9.17, 15) is 10.1 Å². The summed E-state index contributed by atoms with van der Waals surface area (Å²) in [4.78, 5) is 20.1. The van der Waals surface area contributed by atoms with E-state index in [1.807, 2.05) is 6.07 Å². The van der Waals surface area contributed by atoms with E-state index < -0.39 is 12.0 Å². The maximum absolute atomic E-state index is 11.5. The van der Waals surface area contributed by atoms with Gasteiger partial charge < -0.3 is 26.3 Å². The highest BCUT2D eigenvalue weighted by molar-refractivity contribution is 6.32. The van der Waals surface area contributed by atoms with Crippen molar-refractivity contribution in [1.82, 2.24) is 10.3 Å². The Hall–Kier alpha value is -4.22. The van der Waals surface area contributed by atoms with Gasteiger partial charge in [0.1, 0.15) is 29.3 Å². The molecule has 0 spiro atoms. The van der Waals surface area contributed by atoms with Gasteiger partial charge in [0.05, 0.1) is 17.3 Å². The molecule has 2 aromatic rings. The SMILES string of the molecule is CCOc1cc(C2N=C(NC#N)Nc3nc(N)c(C#N)c(N)c32)cc(Cl)c1OC(C)=O. The number of ether oxygens (including phenoxy) is 2. The lowest BCUT2D eigenvalue weighted by Gasteiger charge is -2.26. The number of benzene rings is 1. The number of nitriles is 2. The number of nitrogens with zero attached hydrogens (tertiary/aromatic N) is 4. The van der Waals surface area contributed by atoms with Crippen LogP contribution >= 0.6 is 11.6 Å². The van der Waals surface area contributed by atoms with Crippen molar-refractivity contribution < 1.29 is 14.3 Å². The van der Waals surface area contributed by atoms with Gasteiger partial charge in [-0.15, -0.1) is 0 Å². The molecule has 1 aliphatic rings. The van der Waals surface area contributed by atoms with E-state index in [-0.39, 0.29) is 52.0 Å². The lowest BCUT2D eigenvalue weighted by Crippen LogP contribution is -2.32. The molecule has 1 aromatic heterocycles. The van der Waals surface area contributed by atoms with Gasteiger partial charge >= 0.3 is 5.97 Å². The first-order valence-corrected chi connectivity index (χ1v) is 9.31. The number of fused-ring (bicyclic) bond motifs is 1. The molecule has 1 unspecified atom stereocenters. The van der Waals surface area contributed by atoms with E-state index in [0.29, 0.717) is 11.1 Å². The minimum atomic E-state index is -0.824. The van der Waals surface area contributed by atoms with Crippen molar-refractivity contribution >= 4 is 40.9 Å². The monoisotopic (exact) mass is 440 g/mol. The highest BCUT2D eigenvalue weighted by atomic mass is 35.5. The van der Waals surface area contributed by atoms with Crippen molar-refractivity contribution in [2.45, 2.75) is 19.9 Å². The molecular formula is C19H17ClN8O3. The molecular weight excluding hydrogens is 424 g/mol. The topological polar surface area (TPSA) is 184 Å². The molecule has 0 amide bonds. The van der Waals surface area contributed by atoms with E-state index in [2.05, 4.69) is 20.6 Å². The normalized spacial score (nSPS) is 14.2. The van der Waals surface area contributed by atoms with Crippen molar-refractivity contribution in [3.05, 3.63) is 33.8 Å². The van der Waals surface area contributed by atoms with Crippen LogP contribution in [0.1, 0.15) is 36.6 Å². The average molecular weight is 441 g/mol. The summed E-state index contributed by atoms with van der Waals surface area (Å²) in [7, 11) is 0. The molecule has 0 radical (unpaired) electrons. The number of hydrogen-bond acceptors (Lipinski definition) is 11. The van der Waals surface area contributed by atoms with Crippen LogP contribution in [0.5, 0.6) is 11.5 Å². The minimum absolute atomic E-state index is 0.00473. The Balaban J connectivity index is 2.25. The molecule has 1 aromatic carbocycles. The van der Waals surface area contributed by atoms with Crippen LogP contribution in [0.25, 0.3) is 0 Å². The van der Waals surface area contributed by atoms with Crippen LogP contribution in [0.4, 0.5) is 17.3 Å². The van der Waals surface area contributed by atoms with Gasteiger partial charge in [0, 0.05) is 12.5 Å². The van der Waals surface area contributed by atoms with E-state index in [0.717, 1.165) is 0 Å². The van der Waals surface area contributed by atoms with Gasteiger partial charge in [0.25, 0.3) is 0 Å². The van der Waals surface area contributed by atoms with Gasteiger partial charge in [-0.2, -0.15) is 10.5 Å². The number of carbonyl (C=O) groups excluding carboxylic acids is 1. The molecule has 3 rings (SSSR count). The maximum atomic E-state index is 11.5. The zero-order valence-corrected chi connectivity index (χ0v) is 17.2. The van der Waals surface area contributed by atoms with Crippen LogP contribution in [0, 0.1) is 22.8 Å². The first kappa shape index (κ1) is 21.5. The van der Waals surface area contributed by atoms with Gasteiger partial charge in [-0.3, -0.25) is 10.1 Å². The summed E-state index contributed by atoms with van der Waals surface area (Å²) in [6.07, 6.45) is 1.77. The van der Waals surface area contributed by atoms with E-state index in [4.69, 9.17) is 37.8 Å². The number of esters is 1. The van der Waals surface area contributed by atoms with Crippen LogP contribution in [-0.4, -0.2) is 23.5 Å². The lowest BCUT2D eigenvalue weighted by molar-refractivity contribution is -0.132. The molecule has 0 bridgehead atoms. The standard InChI is InChI=1S/C19H17ClN8O3/c1-3-30-12-5-9(4-11(20)16(12)31-8(2)29)15-13-14(23)10(6-21)17(24)27-18(13)28-19(26-15)25-7-22/h4-5,15H,3H2,1-2H3,(H6,23,24,25,26,27,28). The number of anilines is 3. The Morgan fingerprint density at radius 1 is 1.39 bits per heavy atom. The Labute approximate surface area is 182 Å². The smallest absolute Gasteiger partial charge is 0.308 e. The van der Waals surface area contributed by atoms with E-state index >= 15 is 0 Å². The maximum Gasteiger partial charge on any atom is 0.308 e. The van der Waals surface area contributed by atoms with Crippen molar-refractivity contribution in [3.63, 3.8) is 0 Å². The first-order chi connectivity index (χ1) is 14.8. The molecule has 0 saturated heterocycles. The van der Waals surface area contributed by atoms with E-state index in [1.165, 1.54) is 13.0 Å². The molecule has 11 nitrogen and oxygen atoms in total. The molecule has 31 heavy (non-hydrogen) atoms. The number of aromatic nitrogens is 1. The van der Waals surface area contributed by atoms with Gasteiger partial charge in [-0.25, -0.2) is 9.98 Å². The number of nitrogens with two attached hydrogens (primary N) is 2. The summed E-state index contributed by atoms with van der Waals surface area (Å²) < 4.78 is 10.8. The number of hydrogen-bond donors (Lipinski definition) is 4. The van der Waals surface area contributed by atoms with Crippen molar-refractivity contribution in [2.75, 3.05) is 23.4 Å². The number of carbonyl (C=O) groups is 1. The minimum Gasteiger partial charge on any atom is -0.490 e. The number of guanidine groups is 1. The third-order valence-corrected chi connectivity index (χ3v) is 4.53. The second-order valence-corrected chi connectivity index (χ2v) is 6.67. The third-order valence-electron chi connectivity index (χ3n) is 4.25. The Bertz CT molecular complexity index is 1180. The lowest BCUT2D eigenvalue weighted by atomic mass is 9.95.